The summed E-state index contributed by atoms with van der Waals surface area (Å²) in [5.41, 5.74) is 3.89. The van der Waals surface area contributed by atoms with Crippen molar-refractivity contribution in [2.75, 3.05) is 13.1 Å². The van der Waals surface area contributed by atoms with Crippen molar-refractivity contribution < 1.29 is 37.6 Å². The Morgan fingerprint density at radius 3 is 1.78 bits per heavy atom. The van der Waals surface area contributed by atoms with E-state index in [0.717, 1.165) is 59.9 Å². The number of furan rings is 2. The van der Waals surface area contributed by atoms with Crippen LogP contribution in [0.5, 0.6) is 0 Å². The number of carbonyl (C=O) groups is 1. The number of aliphatic carboxylic acids is 1. The highest BCUT2D eigenvalue weighted by Gasteiger charge is 2.28. The minimum absolute atomic E-state index is 0.769. The molecule has 0 saturated heterocycles. The van der Waals surface area contributed by atoms with Crippen LogP contribution in [0.15, 0.2) is 42.4 Å². The second-order valence-corrected chi connectivity index (χ2v) is 7.03. The molecule has 2 heterocycles. The van der Waals surface area contributed by atoms with Crippen LogP contribution in [0.1, 0.15) is 24.4 Å². The Morgan fingerprint density at radius 1 is 1.04 bits per heavy atom. The van der Waals surface area contributed by atoms with Gasteiger partial charge in [0.1, 0.15) is 17.5 Å². The maximum absolute atomic E-state index is 10.5. The van der Waals surface area contributed by atoms with Gasteiger partial charge in [-0.1, -0.05) is 0 Å². The highest BCUT2D eigenvalue weighted by Crippen LogP contribution is 2.19. The first-order valence-corrected chi connectivity index (χ1v) is 9.48. The number of quaternary nitrogens is 1. The van der Waals surface area contributed by atoms with Crippen molar-refractivity contribution in [2.45, 2.75) is 32.1 Å². The number of carboxylic acids is 1. The zero-order valence-corrected chi connectivity index (χ0v) is 17.4. The van der Waals surface area contributed by atoms with E-state index in [9.17, 15) is 13.2 Å². The average molecular weight is 520 g/mol. The molecular weight excluding hydrogens is 501 g/mol. The Labute approximate surface area is 170 Å². The molecule has 3 N–H and O–H groups in total. The minimum atomic E-state index is -5.19. The van der Waals surface area contributed by atoms with E-state index in [-0.39, 0.29) is 0 Å². The number of carboxylic acid groups (broad SMARTS) is 1. The van der Waals surface area contributed by atoms with Gasteiger partial charge in [-0.2, -0.15) is 13.2 Å². The summed E-state index contributed by atoms with van der Waals surface area (Å²) < 4.78 is 44.3. The highest BCUT2D eigenvalue weighted by molar-refractivity contribution is 9.10. The Bertz CT molecular complexity index is 662. The van der Waals surface area contributed by atoms with Crippen molar-refractivity contribution in [3.05, 3.63) is 45.1 Å². The molecule has 0 aliphatic carbocycles. The molecule has 2 aromatic rings. The van der Waals surface area contributed by atoms with E-state index in [1.807, 2.05) is 24.3 Å². The molecule has 2 rings (SSSR count). The van der Waals surface area contributed by atoms with Gasteiger partial charge in [0.2, 0.25) is 0 Å². The summed E-state index contributed by atoms with van der Waals surface area (Å²) in [6.07, 6.45) is -2.92. The zero-order valence-electron chi connectivity index (χ0n) is 14.2. The fraction of sp³-hybridized carbons (Fsp3) is 0.438. The normalized spacial score (nSPS) is 11.4. The Hall–Kier alpha value is -1.30. The number of carbonyl (C=O) groups excluding carboxylic acids is 1. The van der Waals surface area contributed by atoms with Gasteiger partial charge in [-0.15, -0.1) is 0 Å². The quantitative estimate of drug-likeness (QED) is 0.541. The van der Waals surface area contributed by atoms with Gasteiger partial charge in [0, 0.05) is 0 Å². The van der Waals surface area contributed by atoms with Crippen LogP contribution >= 0.6 is 31.9 Å². The van der Waals surface area contributed by atoms with E-state index in [2.05, 4.69) is 42.5 Å². The summed E-state index contributed by atoms with van der Waals surface area (Å²) in [5.74, 6) is -1.10. The van der Waals surface area contributed by atoms with Gasteiger partial charge in [0.05, 0.1) is 19.6 Å². The molecule has 0 radical (unpaired) electrons. The number of unbranched alkanes of at least 4 members (excludes halogenated alkanes) is 1. The lowest BCUT2D eigenvalue weighted by atomic mass is 10.2. The van der Waals surface area contributed by atoms with E-state index >= 15 is 0 Å². The molecule has 0 atom stereocenters. The summed E-state index contributed by atoms with van der Waals surface area (Å²) in [4.78, 5) is 11.1. The van der Waals surface area contributed by atoms with E-state index in [0.29, 0.717) is 0 Å². The van der Waals surface area contributed by atoms with Crippen molar-refractivity contribution in [1.29, 1.82) is 0 Å². The number of alkyl halides is 3. The van der Waals surface area contributed by atoms with Crippen LogP contribution < -0.4 is 10.8 Å². The van der Waals surface area contributed by atoms with Gasteiger partial charge < -0.3 is 24.5 Å². The molecular formula is C16H19Br2F3N2O4. The van der Waals surface area contributed by atoms with E-state index < -0.39 is 12.1 Å². The largest absolute Gasteiger partial charge is 0.542 e. The fourth-order valence-electron chi connectivity index (χ4n) is 2.04. The maximum Gasteiger partial charge on any atom is 0.430 e. The zero-order chi connectivity index (χ0) is 20.4. The van der Waals surface area contributed by atoms with Crippen LogP contribution in [0.2, 0.25) is 0 Å². The van der Waals surface area contributed by atoms with E-state index in [1.54, 1.807) is 0 Å². The second-order valence-electron chi connectivity index (χ2n) is 5.47. The first kappa shape index (κ1) is 23.7. The van der Waals surface area contributed by atoms with Gasteiger partial charge >= 0.3 is 6.18 Å². The molecule has 0 aromatic carbocycles. The van der Waals surface area contributed by atoms with Crippen LogP contribution in [0.3, 0.4) is 0 Å². The molecule has 0 bridgehead atoms. The van der Waals surface area contributed by atoms with Crippen LogP contribution in [0.4, 0.5) is 13.2 Å². The molecule has 0 aliphatic rings. The number of halogens is 5. The van der Waals surface area contributed by atoms with Gasteiger partial charge in [-0.05, 0) is 75.5 Å². The van der Waals surface area contributed by atoms with Crippen molar-refractivity contribution in [2.24, 2.45) is 0 Å². The van der Waals surface area contributed by atoms with Crippen LogP contribution in [0, 0.1) is 0 Å². The molecule has 2 aromatic heterocycles. The Morgan fingerprint density at radius 2 is 1.48 bits per heavy atom. The molecule has 27 heavy (non-hydrogen) atoms. The summed E-state index contributed by atoms with van der Waals surface area (Å²) >= 11 is 6.68. The lowest BCUT2D eigenvalue weighted by Gasteiger charge is -2.19. The standard InChI is InChI=1S/C14H18Br2N2O2.C2HF3O2/c15-13-5-3-11(19-13)9-18(8-2-1-7-17)10-12-4-6-14(16)20-12;3-2(4,5)1(6)7/h3-6H,1-2,7-10,17H2;(H,6,7). The predicted octanol–water partition coefficient (Wildman–Crippen LogP) is 2.72. The summed E-state index contributed by atoms with van der Waals surface area (Å²) in [7, 11) is 0. The van der Waals surface area contributed by atoms with Crippen molar-refractivity contribution in [3.8, 4) is 0 Å². The van der Waals surface area contributed by atoms with Gasteiger partial charge in [0.25, 0.3) is 0 Å². The minimum Gasteiger partial charge on any atom is -0.542 e. The summed E-state index contributed by atoms with van der Waals surface area (Å²) in [6, 6.07) is 7.84. The van der Waals surface area contributed by atoms with Gasteiger partial charge in [-0.25, -0.2) is 0 Å². The Kier molecular flexibility index (Phi) is 10.1. The smallest absolute Gasteiger partial charge is 0.430 e. The lowest BCUT2D eigenvalue weighted by molar-refractivity contribution is -0.368. The topological polar surface area (TPSA) is 97.3 Å². The predicted molar refractivity (Wildman–Crippen MR) is 95.0 cm³/mol. The van der Waals surface area contributed by atoms with Crippen LogP contribution in [-0.4, -0.2) is 30.1 Å². The van der Waals surface area contributed by atoms with E-state index in [1.165, 1.54) is 0 Å². The molecule has 6 nitrogen and oxygen atoms in total. The third-order valence-corrected chi connectivity index (χ3v) is 4.07. The molecule has 0 saturated carbocycles. The summed E-state index contributed by atoms with van der Waals surface area (Å²) in [5, 5.41) is 8.78. The number of nitrogens with zero attached hydrogens (tertiary/aromatic N) is 1. The summed E-state index contributed by atoms with van der Waals surface area (Å²) in [6.45, 7) is 3.54. The number of hydrogen-bond donors (Lipinski definition) is 1. The number of hydrogen-bond acceptors (Lipinski definition) is 5. The first-order chi connectivity index (χ1) is 12.6. The second kappa shape index (κ2) is 11.5. The number of rotatable bonds is 8. The lowest BCUT2D eigenvalue weighted by Crippen LogP contribution is -2.50. The molecule has 0 spiro atoms. The van der Waals surface area contributed by atoms with Crippen LogP contribution in [-0.2, 0) is 17.9 Å². The molecule has 0 amide bonds. The van der Waals surface area contributed by atoms with Gasteiger partial charge in [0.15, 0.2) is 9.34 Å². The fourth-order valence-corrected chi connectivity index (χ4v) is 2.72. The Balaban J connectivity index is 0.000000445. The molecule has 11 heteroatoms. The van der Waals surface area contributed by atoms with E-state index in [4.69, 9.17) is 18.7 Å². The SMILES string of the molecule is O=C([O-])C(F)(F)F.[NH3+]CCCCN(Cc1ccc(Br)o1)Cc1ccc(Br)o1. The molecule has 0 unspecified atom stereocenters. The van der Waals surface area contributed by atoms with Crippen molar-refractivity contribution >= 4 is 37.8 Å². The third-order valence-electron chi connectivity index (χ3n) is 3.22. The molecule has 152 valence electrons. The monoisotopic (exact) mass is 518 g/mol. The maximum atomic E-state index is 10.5. The first-order valence-electron chi connectivity index (χ1n) is 7.90. The highest BCUT2D eigenvalue weighted by atomic mass is 79.9. The molecule has 0 aliphatic heterocycles. The average Bonchev–Trinajstić information content (AvgIpc) is 3.15. The van der Waals surface area contributed by atoms with Gasteiger partial charge in [-0.3, -0.25) is 4.90 Å². The van der Waals surface area contributed by atoms with Crippen molar-refractivity contribution in [3.63, 3.8) is 0 Å². The van der Waals surface area contributed by atoms with Crippen LogP contribution in [0.25, 0.3) is 0 Å². The third kappa shape index (κ3) is 9.99. The molecule has 0 fully saturated rings. The van der Waals surface area contributed by atoms with Crippen molar-refractivity contribution in [1.82, 2.24) is 4.90 Å².